The number of aromatic nitrogens is 1. The molecule has 2 aromatic rings. The van der Waals surface area contributed by atoms with Gasteiger partial charge in [-0.25, -0.2) is 0 Å². The first-order valence-corrected chi connectivity index (χ1v) is 9.51. The Morgan fingerprint density at radius 3 is 2.86 bits per heavy atom. The van der Waals surface area contributed by atoms with Crippen LogP contribution in [0.15, 0.2) is 30.5 Å². The van der Waals surface area contributed by atoms with Crippen molar-refractivity contribution in [3.8, 4) is 0 Å². The normalized spacial score (nSPS) is 18.0. The highest BCUT2D eigenvalue weighted by Crippen LogP contribution is 2.19. The van der Waals surface area contributed by atoms with E-state index < -0.39 is 42.3 Å². The molecule has 0 unspecified atom stereocenters. The van der Waals surface area contributed by atoms with E-state index in [4.69, 9.17) is 10.5 Å². The number of likely N-dealkylation sites (tertiary alicyclic amines) is 1. The van der Waals surface area contributed by atoms with E-state index in [0.717, 1.165) is 21.4 Å². The molecular weight excluding hydrogens is 376 g/mol. The van der Waals surface area contributed by atoms with Gasteiger partial charge >= 0.3 is 5.97 Å². The molecule has 0 saturated carbocycles. The fraction of sp³-hybridized carbons (Fsp3) is 0.400. The molecule has 2 atom stereocenters. The van der Waals surface area contributed by atoms with E-state index in [-0.39, 0.29) is 19.4 Å². The van der Waals surface area contributed by atoms with Crippen molar-refractivity contribution in [1.29, 1.82) is 0 Å². The van der Waals surface area contributed by atoms with Crippen molar-refractivity contribution in [3.05, 3.63) is 36.0 Å². The molecule has 1 aliphatic rings. The van der Waals surface area contributed by atoms with E-state index in [1.165, 1.54) is 0 Å². The summed E-state index contributed by atoms with van der Waals surface area (Å²) in [5.74, 6) is -2.24. The summed E-state index contributed by atoms with van der Waals surface area (Å²) in [5.41, 5.74) is 7.90. The second kappa shape index (κ2) is 8.87. The Morgan fingerprint density at radius 1 is 1.34 bits per heavy atom. The van der Waals surface area contributed by atoms with Gasteiger partial charge in [-0.2, -0.15) is 0 Å². The van der Waals surface area contributed by atoms with E-state index >= 15 is 0 Å². The van der Waals surface area contributed by atoms with E-state index in [1.54, 1.807) is 6.92 Å². The van der Waals surface area contributed by atoms with Crippen LogP contribution in [0.25, 0.3) is 10.9 Å². The first kappa shape index (κ1) is 20.5. The maximum Gasteiger partial charge on any atom is 0.326 e. The fourth-order valence-corrected chi connectivity index (χ4v) is 3.38. The molecule has 9 nitrogen and oxygen atoms in total. The summed E-state index contributed by atoms with van der Waals surface area (Å²) >= 11 is 0. The summed E-state index contributed by atoms with van der Waals surface area (Å²) in [4.78, 5) is 52.7. The van der Waals surface area contributed by atoms with Crippen LogP contribution >= 0.6 is 0 Å². The number of fused-ring (bicyclic) bond motifs is 1. The molecule has 0 radical (unpaired) electrons. The van der Waals surface area contributed by atoms with Crippen LogP contribution in [0.4, 0.5) is 0 Å². The molecule has 1 aromatic carbocycles. The zero-order valence-electron chi connectivity index (χ0n) is 16.1. The topological polar surface area (TPSA) is 135 Å². The Labute approximate surface area is 167 Å². The number of amides is 3. The van der Waals surface area contributed by atoms with Crippen molar-refractivity contribution in [2.75, 3.05) is 13.2 Å². The van der Waals surface area contributed by atoms with Gasteiger partial charge in [-0.15, -0.1) is 0 Å². The van der Waals surface area contributed by atoms with Crippen molar-refractivity contribution in [2.24, 2.45) is 5.73 Å². The number of H-pyrrole nitrogens is 1. The molecule has 1 aliphatic heterocycles. The molecule has 29 heavy (non-hydrogen) atoms. The molecule has 1 fully saturated rings. The highest BCUT2D eigenvalue weighted by molar-refractivity contribution is 6.04. The Hall–Kier alpha value is -3.20. The van der Waals surface area contributed by atoms with E-state index in [0.29, 0.717) is 6.42 Å². The third-order valence-corrected chi connectivity index (χ3v) is 4.87. The zero-order chi connectivity index (χ0) is 21.0. The first-order chi connectivity index (χ1) is 13.9. The van der Waals surface area contributed by atoms with Gasteiger partial charge in [0.05, 0.1) is 12.6 Å². The van der Waals surface area contributed by atoms with Crippen LogP contribution in [0.2, 0.25) is 0 Å². The predicted molar refractivity (Wildman–Crippen MR) is 104 cm³/mol. The quantitative estimate of drug-likeness (QED) is 0.450. The highest BCUT2D eigenvalue weighted by atomic mass is 16.5. The second-order valence-electron chi connectivity index (χ2n) is 6.89. The second-order valence-corrected chi connectivity index (χ2v) is 6.89. The summed E-state index contributed by atoms with van der Waals surface area (Å²) < 4.78 is 4.79. The van der Waals surface area contributed by atoms with Crippen LogP contribution in [0, 0.1) is 0 Å². The van der Waals surface area contributed by atoms with Crippen molar-refractivity contribution in [1.82, 2.24) is 15.2 Å². The van der Waals surface area contributed by atoms with Crippen molar-refractivity contribution >= 4 is 34.6 Å². The van der Waals surface area contributed by atoms with Crippen LogP contribution in [0.1, 0.15) is 25.3 Å². The Morgan fingerprint density at radius 2 is 2.10 bits per heavy atom. The predicted octanol–water partition coefficient (Wildman–Crippen LogP) is 0.235. The van der Waals surface area contributed by atoms with E-state index in [2.05, 4.69) is 10.3 Å². The van der Waals surface area contributed by atoms with Gasteiger partial charge in [0.1, 0.15) is 12.6 Å². The minimum atomic E-state index is -0.899. The minimum absolute atomic E-state index is 0.0494. The van der Waals surface area contributed by atoms with Gasteiger partial charge in [-0.1, -0.05) is 18.2 Å². The molecule has 2 heterocycles. The number of hydrogen-bond donors (Lipinski definition) is 3. The fourth-order valence-electron chi connectivity index (χ4n) is 3.38. The summed E-state index contributed by atoms with van der Waals surface area (Å²) in [6, 6.07) is 5.92. The van der Waals surface area contributed by atoms with Gasteiger partial charge in [0.25, 0.3) is 5.91 Å². The molecule has 3 amide bonds. The largest absolute Gasteiger partial charge is 0.465 e. The number of carbonyl (C=O) groups excluding carboxylic acids is 4. The summed E-state index contributed by atoms with van der Waals surface area (Å²) in [6.45, 7) is 1.33. The number of carbonyl (C=O) groups is 4. The summed E-state index contributed by atoms with van der Waals surface area (Å²) in [7, 11) is 0. The van der Waals surface area contributed by atoms with Crippen molar-refractivity contribution < 1.29 is 23.9 Å². The van der Waals surface area contributed by atoms with Crippen LogP contribution in [0.5, 0.6) is 0 Å². The molecular formula is C20H24N4O5. The number of piperidine rings is 1. The lowest BCUT2D eigenvalue weighted by Crippen LogP contribution is -2.58. The molecule has 1 aromatic heterocycles. The van der Waals surface area contributed by atoms with E-state index in [9.17, 15) is 19.2 Å². The highest BCUT2D eigenvalue weighted by Gasteiger charge is 2.37. The molecule has 9 heteroatoms. The van der Waals surface area contributed by atoms with Crippen molar-refractivity contribution in [3.63, 3.8) is 0 Å². The monoisotopic (exact) mass is 400 g/mol. The van der Waals surface area contributed by atoms with Crippen LogP contribution in [-0.4, -0.2) is 58.8 Å². The van der Waals surface area contributed by atoms with Crippen molar-refractivity contribution in [2.45, 2.75) is 38.3 Å². The number of imide groups is 1. The average Bonchev–Trinajstić information content (AvgIpc) is 3.10. The number of aromatic amines is 1. The van der Waals surface area contributed by atoms with Crippen LogP contribution in [0.3, 0.4) is 0 Å². The van der Waals surface area contributed by atoms with Gasteiger partial charge in [-0.05, 0) is 31.4 Å². The SMILES string of the molecule is CCOC(=O)CN1C(=O)CC[C@H](NC(=O)[C@@H](N)Cc2c[nH]c3ccccc23)C1=O. The first-order valence-electron chi connectivity index (χ1n) is 9.51. The lowest BCUT2D eigenvalue weighted by Gasteiger charge is -2.30. The molecule has 0 spiro atoms. The number of nitrogens with two attached hydrogens (primary N) is 1. The number of nitrogens with one attached hydrogen (secondary N) is 2. The lowest BCUT2D eigenvalue weighted by molar-refractivity contribution is -0.158. The number of esters is 1. The maximum absolute atomic E-state index is 12.6. The van der Waals surface area contributed by atoms with Crippen LogP contribution < -0.4 is 11.1 Å². The Balaban J connectivity index is 1.62. The number of rotatable bonds is 7. The maximum atomic E-state index is 12.6. The molecule has 154 valence electrons. The van der Waals surface area contributed by atoms with Crippen LogP contribution in [-0.2, 0) is 30.3 Å². The van der Waals surface area contributed by atoms with Gasteiger partial charge < -0.3 is 20.8 Å². The molecule has 0 bridgehead atoms. The third kappa shape index (κ3) is 4.62. The Kier molecular flexibility index (Phi) is 6.28. The van der Waals surface area contributed by atoms with Gasteiger partial charge in [0.2, 0.25) is 11.8 Å². The third-order valence-electron chi connectivity index (χ3n) is 4.87. The molecule has 0 aliphatic carbocycles. The standard InChI is InChI=1S/C20H24N4O5/c1-2-29-18(26)11-24-17(25)8-7-16(20(24)28)23-19(27)14(21)9-12-10-22-15-6-4-3-5-13(12)15/h3-6,10,14,16,22H,2,7-9,11,21H2,1H3,(H,23,27)/t14-,16-/m0/s1. The number of hydrogen-bond acceptors (Lipinski definition) is 6. The molecule has 3 rings (SSSR count). The van der Waals surface area contributed by atoms with E-state index in [1.807, 2.05) is 30.5 Å². The number of ether oxygens (including phenoxy) is 1. The minimum Gasteiger partial charge on any atom is -0.465 e. The van der Waals surface area contributed by atoms with Gasteiger partial charge in [0, 0.05) is 23.5 Å². The Bertz CT molecular complexity index is 938. The summed E-state index contributed by atoms with van der Waals surface area (Å²) in [6.07, 6.45) is 2.32. The smallest absolute Gasteiger partial charge is 0.326 e. The summed E-state index contributed by atoms with van der Waals surface area (Å²) in [5, 5.41) is 3.60. The zero-order valence-corrected chi connectivity index (χ0v) is 16.1. The number of nitrogens with zero attached hydrogens (tertiary/aromatic N) is 1. The molecule has 4 N–H and O–H groups in total. The lowest BCUT2D eigenvalue weighted by atomic mass is 10.0. The molecule has 1 saturated heterocycles. The number of para-hydroxylation sites is 1. The van der Waals surface area contributed by atoms with Gasteiger partial charge in [0.15, 0.2) is 0 Å². The average molecular weight is 400 g/mol. The number of benzene rings is 1. The van der Waals surface area contributed by atoms with Gasteiger partial charge in [-0.3, -0.25) is 24.1 Å².